The van der Waals surface area contributed by atoms with Gasteiger partial charge in [-0.3, -0.25) is 4.90 Å². The van der Waals surface area contributed by atoms with Crippen LogP contribution in [0, 0.1) is 0 Å². The molecule has 0 spiro atoms. The topological polar surface area (TPSA) is 49.8 Å². The van der Waals surface area contributed by atoms with E-state index in [9.17, 15) is 9.90 Å². The molecule has 1 heterocycles. The average molecular weight is 255 g/mol. The second kappa shape index (κ2) is 4.65. The van der Waals surface area contributed by atoms with E-state index in [-0.39, 0.29) is 11.8 Å². The first-order valence-corrected chi connectivity index (χ1v) is 6.05. The summed E-state index contributed by atoms with van der Waals surface area (Å²) in [6.45, 7) is 1.00. The van der Waals surface area contributed by atoms with Gasteiger partial charge in [0.15, 0.2) is 0 Å². The molecule has 4 nitrogen and oxygen atoms in total. The molecule has 0 aliphatic carbocycles. The van der Waals surface area contributed by atoms with Gasteiger partial charge in [-0.15, -0.1) is 0 Å². The number of nitrogens with zero attached hydrogens (tertiary/aromatic N) is 1. The number of fused-ring (bicyclic) bond motifs is 1. The molecule has 0 radical (unpaired) electrons. The van der Waals surface area contributed by atoms with E-state index in [0.717, 1.165) is 11.1 Å². The Kier molecular flexibility index (Phi) is 2.83. The van der Waals surface area contributed by atoms with Crippen molar-refractivity contribution in [2.24, 2.45) is 0 Å². The summed E-state index contributed by atoms with van der Waals surface area (Å²) in [6.07, 6.45) is -0.387. The number of carbonyl (C=O) groups excluding carboxylic acids is 1. The molecule has 19 heavy (non-hydrogen) atoms. The number of hydrogen-bond acceptors (Lipinski definition) is 3. The van der Waals surface area contributed by atoms with Crippen LogP contribution in [0.15, 0.2) is 48.5 Å². The quantitative estimate of drug-likeness (QED) is 0.897. The van der Waals surface area contributed by atoms with Gasteiger partial charge in [0.05, 0.1) is 6.54 Å². The number of amides is 1. The van der Waals surface area contributed by atoms with E-state index in [2.05, 4.69) is 0 Å². The van der Waals surface area contributed by atoms with Gasteiger partial charge >= 0.3 is 6.09 Å². The Morgan fingerprint density at radius 3 is 2.74 bits per heavy atom. The summed E-state index contributed by atoms with van der Waals surface area (Å²) in [5.41, 5.74) is 1.95. The highest BCUT2D eigenvalue weighted by atomic mass is 16.6. The molecule has 0 saturated heterocycles. The van der Waals surface area contributed by atoms with Crippen molar-refractivity contribution in [2.75, 3.05) is 0 Å². The molecule has 1 aliphatic heterocycles. The first kappa shape index (κ1) is 11.6. The highest BCUT2D eigenvalue weighted by Gasteiger charge is 2.25. The molecule has 0 unspecified atom stereocenters. The van der Waals surface area contributed by atoms with Gasteiger partial charge in [0.2, 0.25) is 0 Å². The Bertz CT molecular complexity index is 610. The number of hydrogen-bond donors (Lipinski definition) is 1. The molecule has 0 saturated carbocycles. The summed E-state index contributed by atoms with van der Waals surface area (Å²) < 4.78 is 5.22. The molecule has 1 aliphatic rings. The fraction of sp³-hybridized carbons (Fsp3) is 0.133. The molecular formula is C15H13NO3. The zero-order chi connectivity index (χ0) is 13.2. The second-order valence-corrected chi connectivity index (χ2v) is 4.50. The van der Waals surface area contributed by atoms with E-state index >= 15 is 0 Å². The predicted octanol–water partition coefficient (Wildman–Crippen LogP) is 2.91. The van der Waals surface area contributed by atoms with Gasteiger partial charge in [-0.25, -0.2) is 4.79 Å². The summed E-state index contributed by atoms with van der Waals surface area (Å²) in [5.74, 6) is 0.539. The number of aromatic hydroxyl groups is 1. The zero-order valence-corrected chi connectivity index (χ0v) is 10.2. The van der Waals surface area contributed by atoms with Crippen LogP contribution in [0.5, 0.6) is 11.5 Å². The van der Waals surface area contributed by atoms with E-state index in [1.165, 1.54) is 6.07 Å². The predicted molar refractivity (Wildman–Crippen MR) is 69.8 cm³/mol. The third kappa shape index (κ3) is 2.38. The van der Waals surface area contributed by atoms with Crippen LogP contribution in [0.4, 0.5) is 4.79 Å². The Hall–Kier alpha value is -2.49. The number of carbonyl (C=O) groups is 1. The molecule has 0 bridgehead atoms. The summed E-state index contributed by atoms with van der Waals surface area (Å²) >= 11 is 0. The van der Waals surface area contributed by atoms with Crippen LogP contribution in [0.1, 0.15) is 11.1 Å². The van der Waals surface area contributed by atoms with Crippen LogP contribution in [0.3, 0.4) is 0 Å². The highest BCUT2D eigenvalue weighted by Crippen LogP contribution is 2.30. The van der Waals surface area contributed by atoms with Crippen molar-refractivity contribution < 1.29 is 14.6 Å². The largest absolute Gasteiger partial charge is 0.508 e. The van der Waals surface area contributed by atoms with Crippen LogP contribution >= 0.6 is 0 Å². The number of phenols is 1. The summed E-state index contributed by atoms with van der Waals surface area (Å²) in [7, 11) is 0. The van der Waals surface area contributed by atoms with Crippen molar-refractivity contribution in [2.45, 2.75) is 13.1 Å². The van der Waals surface area contributed by atoms with Crippen LogP contribution in [-0.4, -0.2) is 16.1 Å². The molecule has 0 fully saturated rings. The normalized spacial score (nSPS) is 13.9. The van der Waals surface area contributed by atoms with Gasteiger partial charge in [0.25, 0.3) is 0 Å². The van der Waals surface area contributed by atoms with Gasteiger partial charge in [0.1, 0.15) is 11.5 Å². The number of benzene rings is 2. The van der Waals surface area contributed by atoms with Gasteiger partial charge < -0.3 is 9.84 Å². The Balaban J connectivity index is 1.82. The molecule has 0 aromatic heterocycles. The summed E-state index contributed by atoms with van der Waals surface area (Å²) in [5, 5.41) is 9.37. The van der Waals surface area contributed by atoms with Crippen LogP contribution in [0.2, 0.25) is 0 Å². The van der Waals surface area contributed by atoms with Gasteiger partial charge in [-0.05, 0) is 17.7 Å². The minimum atomic E-state index is -0.387. The molecule has 4 heteroatoms. The maximum Gasteiger partial charge on any atom is 0.415 e. The van der Waals surface area contributed by atoms with E-state index in [0.29, 0.717) is 18.8 Å². The number of phenolic OH excluding ortho intramolecular Hbond substituents is 1. The van der Waals surface area contributed by atoms with Gasteiger partial charge in [-0.2, -0.15) is 0 Å². The zero-order valence-electron chi connectivity index (χ0n) is 10.2. The third-order valence-electron chi connectivity index (χ3n) is 3.08. The maximum atomic E-state index is 11.9. The number of ether oxygens (including phenoxy) is 1. The highest BCUT2D eigenvalue weighted by molar-refractivity contribution is 5.73. The van der Waals surface area contributed by atoms with Crippen LogP contribution < -0.4 is 4.74 Å². The average Bonchev–Trinajstić information content (AvgIpc) is 2.41. The van der Waals surface area contributed by atoms with Crippen molar-refractivity contribution in [1.82, 2.24) is 4.90 Å². The fourth-order valence-corrected chi connectivity index (χ4v) is 2.12. The Morgan fingerprint density at radius 1 is 1.16 bits per heavy atom. The van der Waals surface area contributed by atoms with E-state index in [1.54, 1.807) is 17.0 Å². The van der Waals surface area contributed by atoms with Crippen LogP contribution in [0.25, 0.3) is 0 Å². The van der Waals surface area contributed by atoms with Crippen molar-refractivity contribution in [3.05, 3.63) is 59.7 Å². The molecule has 2 aromatic rings. The molecule has 1 N–H and O–H groups in total. The Morgan fingerprint density at radius 2 is 1.95 bits per heavy atom. The van der Waals surface area contributed by atoms with Crippen LogP contribution in [-0.2, 0) is 13.1 Å². The molecule has 1 amide bonds. The first-order chi connectivity index (χ1) is 9.22. The van der Waals surface area contributed by atoms with Crippen molar-refractivity contribution >= 4 is 6.09 Å². The lowest BCUT2D eigenvalue weighted by molar-refractivity contribution is 0.135. The number of rotatable bonds is 2. The summed E-state index contributed by atoms with van der Waals surface area (Å²) in [4.78, 5) is 13.5. The minimum absolute atomic E-state index is 0.100. The molecule has 2 aromatic carbocycles. The van der Waals surface area contributed by atoms with E-state index < -0.39 is 0 Å². The van der Waals surface area contributed by atoms with E-state index in [1.807, 2.05) is 30.3 Å². The Labute approximate surface area is 110 Å². The second-order valence-electron chi connectivity index (χ2n) is 4.50. The SMILES string of the molecule is O=C1Oc2cc(O)ccc2CN1Cc1ccccc1. The van der Waals surface area contributed by atoms with Crippen molar-refractivity contribution in [3.63, 3.8) is 0 Å². The third-order valence-corrected chi connectivity index (χ3v) is 3.08. The standard InChI is InChI=1S/C15H13NO3/c17-13-7-6-12-10-16(15(18)19-14(12)8-13)9-11-4-2-1-3-5-11/h1-8,17H,9-10H2. The monoisotopic (exact) mass is 255 g/mol. The van der Waals surface area contributed by atoms with Crippen molar-refractivity contribution in [1.29, 1.82) is 0 Å². The smallest absolute Gasteiger partial charge is 0.415 e. The lowest BCUT2D eigenvalue weighted by Gasteiger charge is -2.28. The van der Waals surface area contributed by atoms with Gasteiger partial charge in [0, 0.05) is 18.2 Å². The lowest BCUT2D eigenvalue weighted by atomic mass is 10.1. The fourth-order valence-electron chi connectivity index (χ4n) is 2.12. The lowest BCUT2D eigenvalue weighted by Crippen LogP contribution is -2.36. The maximum absolute atomic E-state index is 11.9. The molecule has 3 rings (SSSR count). The molecule has 96 valence electrons. The molecular weight excluding hydrogens is 242 g/mol. The summed E-state index contributed by atoms with van der Waals surface area (Å²) in [6, 6.07) is 14.6. The first-order valence-electron chi connectivity index (χ1n) is 6.05. The van der Waals surface area contributed by atoms with E-state index in [4.69, 9.17) is 4.74 Å². The molecule has 0 atom stereocenters. The van der Waals surface area contributed by atoms with Crippen molar-refractivity contribution in [3.8, 4) is 11.5 Å². The van der Waals surface area contributed by atoms with Gasteiger partial charge in [-0.1, -0.05) is 30.3 Å². The minimum Gasteiger partial charge on any atom is -0.508 e.